The summed E-state index contributed by atoms with van der Waals surface area (Å²) in [5.74, 6) is -0.685. The molecular weight excluding hydrogens is 106 g/mol. The van der Waals surface area contributed by atoms with E-state index in [0.29, 0.717) is 6.54 Å². The van der Waals surface area contributed by atoms with Gasteiger partial charge in [0.15, 0.2) is 0 Å². The first kappa shape index (κ1) is 7.10. The average molecular weight is 115 g/mol. The van der Waals surface area contributed by atoms with Gasteiger partial charge in [0.1, 0.15) is 0 Å². The number of rotatable bonds is 3. The first-order valence-corrected chi connectivity index (χ1v) is 2.25. The Bertz CT molecular complexity index is 110. The lowest BCUT2D eigenvalue weighted by Crippen LogP contribution is -2.24. The zero-order chi connectivity index (χ0) is 6.57. The van der Waals surface area contributed by atoms with Crippen molar-refractivity contribution in [2.45, 2.75) is 6.42 Å². The summed E-state index contributed by atoms with van der Waals surface area (Å²) in [6.45, 7) is 0.307. The fraction of sp³-hybridized carbons (Fsp3) is 0.500. The van der Waals surface area contributed by atoms with Gasteiger partial charge in [-0.3, -0.25) is 10.2 Å². The molecule has 0 aromatic heterocycles. The molecule has 0 aromatic carbocycles. The van der Waals surface area contributed by atoms with E-state index in [0.717, 1.165) is 0 Å². The summed E-state index contributed by atoms with van der Waals surface area (Å²) in [6.07, 6.45) is 0.273. The Morgan fingerprint density at radius 3 is 2.25 bits per heavy atom. The fourth-order valence-corrected chi connectivity index (χ4v) is 0.268. The third-order valence-corrected chi connectivity index (χ3v) is 0.692. The third kappa shape index (κ3) is 2.30. The van der Waals surface area contributed by atoms with Crippen LogP contribution in [0.2, 0.25) is 0 Å². The minimum absolute atomic E-state index is 0.104. The van der Waals surface area contributed by atoms with E-state index in [1.807, 2.05) is 0 Å². The van der Waals surface area contributed by atoms with Crippen molar-refractivity contribution in [2.75, 3.05) is 6.54 Å². The molecule has 0 atom stereocenters. The summed E-state index contributed by atoms with van der Waals surface area (Å²) in [5, 5.41) is 6.79. The van der Waals surface area contributed by atoms with E-state index in [9.17, 15) is 4.79 Å². The molecule has 0 aliphatic heterocycles. The zero-order valence-corrected chi connectivity index (χ0v) is 4.48. The first-order chi connectivity index (χ1) is 3.68. The van der Waals surface area contributed by atoms with E-state index in [4.69, 9.17) is 16.9 Å². The second-order valence-corrected chi connectivity index (χ2v) is 1.38. The van der Waals surface area contributed by atoms with E-state index in [-0.39, 0.29) is 12.1 Å². The molecule has 0 aliphatic carbocycles. The molecule has 4 nitrogen and oxygen atoms in total. The fourth-order valence-electron chi connectivity index (χ4n) is 0.268. The van der Waals surface area contributed by atoms with Crippen LogP contribution in [0.3, 0.4) is 0 Å². The average Bonchev–Trinajstić information content (AvgIpc) is 1.67. The number of nitrogens with one attached hydrogen (secondary N) is 1. The highest BCUT2D eigenvalue weighted by atomic mass is 16.1. The van der Waals surface area contributed by atoms with Gasteiger partial charge in [-0.15, -0.1) is 0 Å². The summed E-state index contributed by atoms with van der Waals surface area (Å²) < 4.78 is 0. The van der Waals surface area contributed by atoms with Gasteiger partial charge in [0, 0.05) is 6.42 Å². The molecule has 1 amide bonds. The van der Waals surface area contributed by atoms with E-state index in [1.54, 1.807) is 0 Å². The quantitative estimate of drug-likeness (QED) is 0.405. The zero-order valence-electron chi connectivity index (χ0n) is 4.48. The van der Waals surface area contributed by atoms with Crippen LogP contribution in [-0.4, -0.2) is 18.2 Å². The Labute approximate surface area is 47.4 Å². The monoisotopic (exact) mass is 115 g/mol. The minimum atomic E-state index is -0.685. The van der Waals surface area contributed by atoms with E-state index in [1.165, 1.54) is 0 Å². The Hall–Kier alpha value is -0.900. The standard InChI is InChI=1S/C4H9N3O/c5-2-1-3(6)4(7)8/h6H,1-2,5H2,(H2,7,8). The second-order valence-electron chi connectivity index (χ2n) is 1.38. The summed E-state index contributed by atoms with van der Waals surface area (Å²) in [5.41, 5.74) is 9.62. The van der Waals surface area contributed by atoms with Crippen molar-refractivity contribution < 1.29 is 4.79 Å². The number of nitrogens with two attached hydrogens (primary N) is 2. The molecule has 0 saturated heterocycles. The maximum absolute atomic E-state index is 10.0. The molecule has 0 spiro atoms. The van der Waals surface area contributed by atoms with E-state index >= 15 is 0 Å². The summed E-state index contributed by atoms with van der Waals surface area (Å²) in [6, 6.07) is 0. The molecule has 0 rings (SSSR count). The molecule has 5 N–H and O–H groups in total. The van der Waals surface area contributed by atoms with E-state index < -0.39 is 5.91 Å². The molecule has 0 bridgehead atoms. The van der Waals surface area contributed by atoms with Crippen molar-refractivity contribution >= 4 is 11.6 Å². The third-order valence-electron chi connectivity index (χ3n) is 0.692. The minimum Gasteiger partial charge on any atom is -0.365 e. The van der Waals surface area contributed by atoms with Crippen molar-refractivity contribution in [2.24, 2.45) is 11.5 Å². The van der Waals surface area contributed by atoms with Crippen molar-refractivity contribution in [3.8, 4) is 0 Å². The predicted octanol–water partition coefficient (Wildman–Crippen LogP) is -1.16. The highest BCUT2D eigenvalue weighted by Gasteiger charge is 1.99. The Kier molecular flexibility index (Phi) is 2.79. The van der Waals surface area contributed by atoms with Crippen LogP contribution in [0, 0.1) is 5.41 Å². The molecule has 0 aromatic rings. The molecule has 0 saturated carbocycles. The lowest BCUT2D eigenvalue weighted by atomic mass is 10.3. The van der Waals surface area contributed by atoms with Gasteiger partial charge < -0.3 is 11.5 Å². The number of carbonyl (C=O) groups excluding carboxylic acids is 1. The van der Waals surface area contributed by atoms with Crippen molar-refractivity contribution in [3.05, 3.63) is 0 Å². The summed E-state index contributed by atoms with van der Waals surface area (Å²) in [4.78, 5) is 10.0. The van der Waals surface area contributed by atoms with Crippen LogP contribution in [-0.2, 0) is 4.79 Å². The molecule has 0 unspecified atom stereocenters. The summed E-state index contributed by atoms with van der Waals surface area (Å²) >= 11 is 0. The van der Waals surface area contributed by atoms with Crippen molar-refractivity contribution in [3.63, 3.8) is 0 Å². The topological polar surface area (TPSA) is 93.0 Å². The number of carbonyl (C=O) groups is 1. The Balaban J connectivity index is 3.49. The maximum atomic E-state index is 10.0. The second kappa shape index (κ2) is 3.15. The first-order valence-electron chi connectivity index (χ1n) is 2.25. The number of amides is 1. The van der Waals surface area contributed by atoms with Crippen molar-refractivity contribution in [1.82, 2.24) is 0 Å². The van der Waals surface area contributed by atoms with Crippen LogP contribution in [0.5, 0.6) is 0 Å². The van der Waals surface area contributed by atoms with Gasteiger partial charge in [-0.2, -0.15) is 0 Å². The van der Waals surface area contributed by atoms with Crippen LogP contribution < -0.4 is 11.5 Å². The normalized spacial score (nSPS) is 8.62. The van der Waals surface area contributed by atoms with Crippen LogP contribution in [0.4, 0.5) is 0 Å². The maximum Gasteiger partial charge on any atom is 0.262 e. The van der Waals surface area contributed by atoms with Gasteiger partial charge in [0.05, 0.1) is 5.71 Å². The molecule has 4 heteroatoms. The Morgan fingerprint density at radius 1 is 1.62 bits per heavy atom. The van der Waals surface area contributed by atoms with Crippen LogP contribution in [0.25, 0.3) is 0 Å². The molecule has 0 aliphatic rings. The van der Waals surface area contributed by atoms with Crippen LogP contribution in [0.1, 0.15) is 6.42 Å². The summed E-state index contributed by atoms with van der Waals surface area (Å²) in [7, 11) is 0. The van der Waals surface area contributed by atoms with Gasteiger partial charge in [-0.05, 0) is 6.54 Å². The van der Waals surface area contributed by atoms with Crippen LogP contribution >= 0.6 is 0 Å². The van der Waals surface area contributed by atoms with Gasteiger partial charge >= 0.3 is 0 Å². The molecule has 0 fully saturated rings. The number of hydrogen-bond acceptors (Lipinski definition) is 3. The predicted molar refractivity (Wildman–Crippen MR) is 30.6 cm³/mol. The number of hydrogen-bond donors (Lipinski definition) is 3. The Morgan fingerprint density at radius 2 is 2.12 bits per heavy atom. The van der Waals surface area contributed by atoms with Gasteiger partial charge in [-0.25, -0.2) is 0 Å². The number of primary amides is 1. The van der Waals surface area contributed by atoms with Gasteiger partial charge in [-0.1, -0.05) is 0 Å². The largest absolute Gasteiger partial charge is 0.365 e. The highest BCUT2D eigenvalue weighted by Crippen LogP contribution is 1.76. The molecule has 0 radical (unpaired) electrons. The van der Waals surface area contributed by atoms with Gasteiger partial charge in [0.2, 0.25) is 0 Å². The molecule has 46 valence electrons. The van der Waals surface area contributed by atoms with E-state index in [2.05, 4.69) is 0 Å². The van der Waals surface area contributed by atoms with Crippen molar-refractivity contribution in [1.29, 1.82) is 5.41 Å². The smallest absolute Gasteiger partial charge is 0.262 e. The molecule has 0 heterocycles. The highest BCUT2D eigenvalue weighted by molar-refractivity contribution is 6.36. The lowest BCUT2D eigenvalue weighted by molar-refractivity contribution is -0.112. The SMILES string of the molecule is N=C(CCN)C(N)=O. The lowest BCUT2D eigenvalue weighted by Gasteiger charge is -1.91. The molecule has 8 heavy (non-hydrogen) atoms. The van der Waals surface area contributed by atoms with Crippen LogP contribution in [0.15, 0.2) is 0 Å². The van der Waals surface area contributed by atoms with Gasteiger partial charge in [0.25, 0.3) is 5.91 Å². The molecular formula is C4H9N3O.